The second kappa shape index (κ2) is 5.05. The van der Waals surface area contributed by atoms with Crippen LogP contribution in [0.5, 0.6) is 0 Å². The Hall–Kier alpha value is -0.760. The fourth-order valence-electron chi connectivity index (χ4n) is 2.48. The molecule has 1 unspecified atom stereocenters. The molecule has 1 aliphatic carbocycles. The predicted octanol–water partition coefficient (Wildman–Crippen LogP) is 4.47. The molecule has 0 amide bonds. The fourth-order valence-corrected chi connectivity index (χ4v) is 2.70. The smallest absolute Gasteiger partial charge is 0.126 e. The Kier molecular flexibility index (Phi) is 3.70. The molecule has 1 aromatic carbocycles. The van der Waals surface area contributed by atoms with E-state index < -0.39 is 0 Å². The highest BCUT2D eigenvalue weighted by molar-refractivity contribution is 6.30. The minimum atomic E-state index is -0.284. The van der Waals surface area contributed by atoms with E-state index in [4.69, 9.17) is 11.6 Å². The van der Waals surface area contributed by atoms with Crippen molar-refractivity contribution in [2.75, 3.05) is 5.32 Å². The van der Waals surface area contributed by atoms with Crippen LogP contribution >= 0.6 is 11.6 Å². The molecule has 88 valence electrons. The van der Waals surface area contributed by atoms with E-state index in [0.717, 1.165) is 5.69 Å². The zero-order valence-corrected chi connectivity index (χ0v) is 10.2. The largest absolute Gasteiger partial charge is 0.382 e. The van der Waals surface area contributed by atoms with Gasteiger partial charge in [0.15, 0.2) is 0 Å². The molecule has 0 aromatic heterocycles. The van der Waals surface area contributed by atoms with Gasteiger partial charge >= 0.3 is 0 Å². The summed E-state index contributed by atoms with van der Waals surface area (Å²) >= 11 is 5.81. The lowest BCUT2D eigenvalue weighted by molar-refractivity contribution is 0.482. The van der Waals surface area contributed by atoms with Crippen LogP contribution in [0, 0.1) is 11.7 Å². The van der Waals surface area contributed by atoms with Crippen LogP contribution in [-0.2, 0) is 0 Å². The molecule has 1 nitrogen and oxygen atoms in total. The Labute approximate surface area is 101 Å². The summed E-state index contributed by atoms with van der Waals surface area (Å²) in [4.78, 5) is 0. The lowest BCUT2D eigenvalue weighted by atomic mass is 9.99. The molecule has 0 saturated heterocycles. The zero-order valence-electron chi connectivity index (χ0n) is 9.47. The minimum Gasteiger partial charge on any atom is -0.382 e. The quantitative estimate of drug-likeness (QED) is 0.823. The van der Waals surface area contributed by atoms with Crippen molar-refractivity contribution in [1.29, 1.82) is 0 Å². The molecule has 0 bridgehead atoms. The monoisotopic (exact) mass is 241 g/mol. The Morgan fingerprint density at radius 2 is 2.00 bits per heavy atom. The fraction of sp³-hybridized carbons (Fsp3) is 0.538. The SMILES string of the molecule is CC(Nc1cc(F)cc(Cl)c1)C1CCCC1. The first kappa shape index (κ1) is 11.7. The molecule has 0 heterocycles. The standard InChI is InChI=1S/C13H17ClFN/c1-9(10-4-2-3-5-10)16-13-7-11(14)6-12(15)8-13/h6-10,16H,2-5H2,1H3. The Morgan fingerprint density at radius 3 is 2.62 bits per heavy atom. The zero-order chi connectivity index (χ0) is 11.5. The number of halogens is 2. The van der Waals surface area contributed by atoms with Gasteiger partial charge in [-0.25, -0.2) is 4.39 Å². The van der Waals surface area contributed by atoms with Gasteiger partial charge in [-0.3, -0.25) is 0 Å². The van der Waals surface area contributed by atoms with Gasteiger partial charge in [0.2, 0.25) is 0 Å². The Bertz CT molecular complexity index is 341. The van der Waals surface area contributed by atoms with Crippen molar-refractivity contribution in [2.24, 2.45) is 5.92 Å². The van der Waals surface area contributed by atoms with Crippen molar-refractivity contribution in [3.63, 3.8) is 0 Å². The van der Waals surface area contributed by atoms with Gasteiger partial charge in [0, 0.05) is 16.8 Å². The lowest BCUT2D eigenvalue weighted by Crippen LogP contribution is -2.23. The first-order valence-corrected chi connectivity index (χ1v) is 6.25. The molecule has 1 N–H and O–H groups in total. The molecule has 1 aliphatic rings. The maximum absolute atomic E-state index is 13.1. The van der Waals surface area contributed by atoms with Crippen LogP contribution in [0.15, 0.2) is 18.2 Å². The number of hydrogen-bond donors (Lipinski definition) is 1. The maximum Gasteiger partial charge on any atom is 0.126 e. The summed E-state index contributed by atoms with van der Waals surface area (Å²) in [6.45, 7) is 2.16. The summed E-state index contributed by atoms with van der Waals surface area (Å²) in [6, 6.07) is 4.99. The third kappa shape index (κ3) is 2.88. The molecule has 1 aromatic rings. The normalized spacial score (nSPS) is 18.7. The Balaban J connectivity index is 2.02. The van der Waals surface area contributed by atoms with Crippen LogP contribution in [0.3, 0.4) is 0 Å². The van der Waals surface area contributed by atoms with Gasteiger partial charge in [0.25, 0.3) is 0 Å². The highest BCUT2D eigenvalue weighted by atomic mass is 35.5. The van der Waals surface area contributed by atoms with E-state index in [9.17, 15) is 4.39 Å². The van der Waals surface area contributed by atoms with E-state index in [1.54, 1.807) is 6.07 Å². The molecule has 0 aliphatic heterocycles. The van der Waals surface area contributed by atoms with Crippen LogP contribution < -0.4 is 5.32 Å². The Morgan fingerprint density at radius 1 is 1.31 bits per heavy atom. The summed E-state index contributed by atoms with van der Waals surface area (Å²) in [5, 5.41) is 3.79. The number of rotatable bonds is 3. The van der Waals surface area contributed by atoms with E-state index in [1.165, 1.54) is 37.8 Å². The third-order valence-corrected chi connectivity index (χ3v) is 3.58. The lowest BCUT2D eigenvalue weighted by Gasteiger charge is -2.21. The van der Waals surface area contributed by atoms with Crippen molar-refractivity contribution in [3.05, 3.63) is 29.0 Å². The third-order valence-electron chi connectivity index (χ3n) is 3.36. The first-order chi connectivity index (χ1) is 7.65. The van der Waals surface area contributed by atoms with Gasteiger partial charge in [-0.15, -0.1) is 0 Å². The van der Waals surface area contributed by atoms with Crippen LogP contribution in [0.2, 0.25) is 5.02 Å². The average molecular weight is 242 g/mol. The second-order valence-electron chi connectivity index (χ2n) is 4.64. The van der Waals surface area contributed by atoms with Crippen LogP contribution in [0.4, 0.5) is 10.1 Å². The summed E-state index contributed by atoms with van der Waals surface area (Å²) < 4.78 is 13.1. The molecule has 1 fully saturated rings. The van der Waals surface area contributed by atoms with Crippen molar-refractivity contribution >= 4 is 17.3 Å². The topological polar surface area (TPSA) is 12.0 Å². The summed E-state index contributed by atoms with van der Waals surface area (Å²) in [5.74, 6) is 0.427. The van der Waals surface area contributed by atoms with Gasteiger partial charge < -0.3 is 5.32 Å². The van der Waals surface area contributed by atoms with Crippen molar-refractivity contribution < 1.29 is 4.39 Å². The number of nitrogens with one attached hydrogen (secondary N) is 1. The number of benzene rings is 1. The molecule has 16 heavy (non-hydrogen) atoms. The molecule has 3 heteroatoms. The molecule has 1 saturated carbocycles. The van der Waals surface area contributed by atoms with Crippen molar-refractivity contribution in [3.8, 4) is 0 Å². The van der Waals surface area contributed by atoms with Gasteiger partial charge in [0.05, 0.1) is 0 Å². The van der Waals surface area contributed by atoms with Gasteiger partial charge in [-0.1, -0.05) is 24.4 Å². The first-order valence-electron chi connectivity index (χ1n) is 5.88. The van der Waals surface area contributed by atoms with Crippen molar-refractivity contribution in [2.45, 2.75) is 38.6 Å². The average Bonchev–Trinajstić information content (AvgIpc) is 2.68. The molecule has 0 radical (unpaired) electrons. The van der Waals surface area contributed by atoms with E-state index in [-0.39, 0.29) is 5.82 Å². The van der Waals surface area contributed by atoms with Gasteiger partial charge in [0.1, 0.15) is 5.82 Å². The van der Waals surface area contributed by atoms with E-state index in [2.05, 4.69) is 12.2 Å². The molecular formula is C13H17ClFN. The van der Waals surface area contributed by atoms with Crippen LogP contribution in [0.25, 0.3) is 0 Å². The summed E-state index contributed by atoms with van der Waals surface area (Å²) in [6.07, 6.45) is 5.19. The molecular weight excluding hydrogens is 225 g/mol. The highest BCUT2D eigenvalue weighted by Crippen LogP contribution is 2.29. The number of anilines is 1. The van der Waals surface area contributed by atoms with E-state index in [1.807, 2.05) is 0 Å². The predicted molar refractivity (Wildman–Crippen MR) is 66.5 cm³/mol. The van der Waals surface area contributed by atoms with E-state index in [0.29, 0.717) is 17.0 Å². The molecule has 0 spiro atoms. The van der Waals surface area contributed by atoms with Crippen LogP contribution in [0.1, 0.15) is 32.6 Å². The van der Waals surface area contributed by atoms with E-state index >= 15 is 0 Å². The summed E-state index contributed by atoms with van der Waals surface area (Å²) in [5.41, 5.74) is 0.782. The summed E-state index contributed by atoms with van der Waals surface area (Å²) in [7, 11) is 0. The van der Waals surface area contributed by atoms with Gasteiger partial charge in [-0.2, -0.15) is 0 Å². The second-order valence-corrected chi connectivity index (χ2v) is 5.07. The van der Waals surface area contributed by atoms with Crippen molar-refractivity contribution in [1.82, 2.24) is 0 Å². The molecule has 1 atom stereocenters. The minimum absolute atomic E-state index is 0.284. The van der Waals surface area contributed by atoms with Crippen LogP contribution in [-0.4, -0.2) is 6.04 Å². The number of hydrogen-bond acceptors (Lipinski definition) is 1. The highest BCUT2D eigenvalue weighted by Gasteiger charge is 2.21. The maximum atomic E-state index is 13.1. The molecule has 2 rings (SSSR count). The van der Waals surface area contributed by atoms with Gasteiger partial charge in [-0.05, 0) is 43.9 Å².